The fourth-order valence-electron chi connectivity index (χ4n) is 2.72. The van der Waals surface area contributed by atoms with Gasteiger partial charge in [0, 0.05) is 48.1 Å². The number of carbonyl (C=O) groups excluding carboxylic acids is 1. The molecule has 1 aliphatic heterocycles. The maximum absolute atomic E-state index is 12.7. The molecule has 23 heavy (non-hydrogen) atoms. The Kier molecular flexibility index (Phi) is 5.85. The third-order valence-corrected chi connectivity index (χ3v) is 4.91. The number of nitrogens with zero attached hydrogens (tertiary/aromatic N) is 2. The molecule has 0 bridgehead atoms. The quantitative estimate of drug-likeness (QED) is 0.842. The van der Waals surface area contributed by atoms with Crippen molar-refractivity contribution in [2.75, 3.05) is 19.8 Å². The van der Waals surface area contributed by atoms with Gasteiger partial charge in [-0.3, -0.25) is 9.78 Å². The Morgan fingerprint density at radius 1 is 1.17 bits per heavy atom. The van der Waals surface area contributed by atoms with Crippen LogP contribution in [-0.4, -0.2) is 35.6 Å². The molecule has 2 aromatic rings. The maximum atomic E-state index is 12.7. The van der Waals surface area contributed by atoms with Gasteiger partial charge in [0.25, 0.3) is 0 Å². The van der Waals surface area contributed by atoms with E-state index in [0.29, 0.717) is 0 Å². The van der Waals surface area contributed by atoms with Gasteiger partial charge >= 0.3 is 0 Å². The molecular formula is C18H20ClN2OS. The number of carbonyl (C=O) groups is 1. The van der Waals surface area contributed by atoms with E-state index in [2.05, 4.69) is 23.2 Å². The lowest BCUT2D eigenvalue weighted by Gasteiger charge is -2.18. The predicted molar refractivity (Wildman–Crippen MR) is 99.4 cm³/mol. The van der Waals surface area contributed by atoms with E-state index in [0.717, 1.165) is 34.4 Å². The van der Waals surface area contributed by atoms with Crippen LogP contribution < -0.4 is 0 Å². The molecule has 0 fully saturated rings. The molecule has 0 unspecified atom stereocenters. The third-order valence-electron chi connectivity index (χ3n) is 3.73. The van der Waals surface area contributed by atoms with Crippen LogP contribution in [0.25, 0.3) is 5.57 Å². The number of amides is 1. The van der Waals surface area contributed by atoms with Gasteiger partial charge < -0.3 is 4.90 Å². The lowest BCUT2D eigenvalue weighted by molar-refractivity contribution is -0.124. The van der Waals surface area contributed by atoms with E-state index in [-0.39, 0.29) is 18.3 Å². The number of rotatable bonds is 2. The van der Waals surface area contributed by atoms with Crippen molar-refractivity contribution in [2.45, 2.75) is 11.3 Å². The average molecular weight is 348 g/mol. The van der Waals surface area contributed by atoms with Gasteiger partial charge in [-0.1, -0.05) is 24.3 Å². The minimum Gasteiger partial charge on any atom is -0.345 e. The van der Waals surface area contributed by atoms with E-state index in [1.54, 1.807) is 11.1 Å². The van der Waals surface area contributed by atoms with Crippen molar-refractivity contribution >= 4 is 35.6 Å². The molecule has 1 radical (unpaired) electrons. The van der Waals surface area contributed by atoms with Gasteiger partial charge in [-0.05, 0) is 29.9 Å². The molecule has 121 valence electrons. The third kappa shape index (κ3) is 3.59. The lowest BCUT2D eigenvalue weighted by Crippen LogP contribution is -2.24. The summed E-state index contributed by atoms with van der Waals surface area (Å²) in [5.74, 6) is 1.06. The van der Waals surface area contributed by atoms with E-state index in [4.69, 9.17) is 0 Å². The highest BCUT2D eigenvalue weighted by Crippen LogP contribution is 2.39. The number of benzene rings is 1. The summed E-state index contributed by atoms with van der Waals surface area (Å²) >= 11 is 1.27. The van der Waals surface area contributed by atoms with E-state index in [1.807, 2.05) is 38.5 Å². The molecule has 0 saturated heterocycles. The van der Waals surface area contributed by atoms with Crippen molar-refractivity contribution in [3.05, 3.63) is 65.5 Å². The lowest BCUT2D eigenvalue weighted by atomic mass is 9.92. The van der Waals surface area contributed by atoms with E-state index in [9.17, 15) is 4.79 Å². The van der Waals surface area contributed by atoms with Crippen LogP contribution in [0.4, 0.5) is 0 Å². The Balaban J connectivity index is 0.00000192. The molecule has 1 aliphatic rings. The van der Waals surface area contributed by atoms with Crippen LogP contribution in [0.3, 0.4) is 0 Å². The molecule has 2 heterocycles. The highest BCUT2D eigenvalue weighted by Gasteiger charge is 2.23. The molecule has 1 amide bonds. The number of fused-ring (bicyclic) bond motifs is 1. The zero-order valence-corrected chi connectivity index (χ0v) is 14.9. The molecule has 5 heteroatoms. The second-order valence-corrected chi connectivity index (χ2v) is 6.69. The highest BCUT2D eigenvalue weighted by molar-refractivity contribution is 7.99. The Morgan fingerprint density at radius 3 is 2.65 bits per heavy atom. The molecule has 0 N–H and O–H groups in total. The zero-order valence-electron chi connectivity index (χ0n) is 13.2. The Bertz CT molecular complexity index is 729. The van der Waals surface area contributed by atoms with Crippen LogP contribution in [0.2, 0.25) is 0 Å². The van der Waals surface area contributed by atoms with E-state index < -0.39 is 0 Å². The van der Waals surface area contributed by atoms with Crippen molar-refractivity contribution in [3.8, 4) is 0 Å². The summed E-state index contributed by atoms with van der Waals surface area (Å²) in [6, 6.07) is 12.3. The van der Waals surface area contributed by atoms with Crippen LogP contribution in [0, 0.1) is 0 Å². The molecule has 3 nitrogen and oxygen atoms in total. The summed E-state index contributed by atoms with van der Waals surface area (Å²) in [4.78, 5) is 19.9. The fraction of sp³-hybridized carbons (Fsp3) is 0.222. The fourth-order valence-corrected chi connectivity index (χ4v) is 3.85. The first kappa shape index (κ1) is 17.6. The first-order valence-corrected chi connectivity index (χ1v) is 8.38. The van der Waals surface area contributed by atoms with Crippen molar-refractivity contribution in [1.29, 1.82) is 0 Å². The second kappa shape index (κ2) is 7.66. The van der Waals surface area contributed by atoms with Gasteiger partial charge in [0.05, 0.1) is 0 Å². The number of halogens is 1. The Labute approximate surface area is 147 Å². The number of hydrogen-bond donors (Lipinski definition) is 1. The summed E-state index contributed by atoms with van der Waals surface area (Å²) in [6.45, 7) is 0. The average Bonchev–Trinajstić information content (AvgIpc) is 2.74. The van der Waals surface area contributed by atoms with E-state index >= 15 is 0 Å². The molecule has 0 spiro atoms. The van der Waals surface area contributed by atoms with Gasteiger partial charge in [-0.2, -0.15) is 11.8 Å². The van der Waals surface area contributed by atoms with Crippen molar-refractivity contribution < 1.29 is 4.79 Å². The highest BCUT2D eigenvalue weighted by atomic mass is 35.5. The normalized spacial score (nSPS) is 13.7. The van der Waals surface area contributed by atoms with Gasteiger partial charge in [-0.25, -0.2) is 0 Å². The summed E-state index contributed by atoms with van der Waals surface area (Å²) in [5, 5.41) is 0. The molecule has 3 rings (SSSR count). The largest absolute Gasteiger partial charge is 0.345 e. The van der Waals surface area contributed by atoms with E-state index in [1.165, 1.54) is 16.7 Å². The van der Waals surface area contributed by atoms with Crippen molar-refractivity contribution in [2.24, 2.45) is 0 Å². The van der Waals surface area contributed by atoms with Crippen LogP contribution in [0.1, 0.15) is 17.5 Å². The SMILES string of the molecule is CN(C)C(=O)C1=C(c2cccnc2)c2ccccc2[SH]CC1.Cl. The summed E-state index contributed by atoms with van der Waals surface area (Å²) in [7, 11) is 3.62. The number of pyridine rings is 1. The molecule has 1 aromatic carbocycles. The number of likely N-dealkylation sites (N-methyl/N-ethyl adjacent to an activating group) is 1. The molecule has 1 aromatic heterocycles. The first-order valence-electron chi connectivity index (χ1n) is 7.30. The maximum Gasteiger partial charge on any atom is 0.249 e. The van der Waals surface area contributed by atoms with Gasteiger partial charge in [0.2, 0.25) is 5.91 Å². The second-order valence-electron chi connectivity index (χ2n) is 5.44. The van der Waals surface area contributed by atoms with Gasteiger partial charge in [0.1, 0.15) is 0 Å². The zero-order chi connectivity index (χ0) is 15.5. The molecule has 0 aliphatic carbocycles. The minimum absolute atomic E-state index is 0. The number of aromatic nitrogens is 1. The van der Waals surface area contributed by atoms with Crippen LogP contribution in [0.5, 0.6) is 0 Å². The summed E-state index contributed by atoms with van der Waals surface area (Å²) in [6.07, 6.45) is 4.40. The summed E-state index contributed by atoms with van der Waals surface area (Å²) in [5.41, 5.74) is 4.08. The van der Waals surface area contributed by atoms with Crippen LogP contribution >= 0.6 is 24.2 Å². The predicted octanol–water partition coefficient (Wildman–Crippen LogP) is 3.62. The topological polar surface area (TPSA) is 33.2 Å². The monoisotopic (exact) mass is 347 g/mol. The van der Waals surface area contributed by atoms with Gasteiger partial charge in [0.15, 0.2) is 0 Å². The van der Waals surface area contributed by atoms with Crippen molar-refractivity contribution in [1.82, 2.24) is 9.88 Å². The first-order chi connectivity index (χ1) is 10.7. The number of thiol groups is 1. The van der Waals surface area contributed by atoms with Crippen LogP contribution in [-0.2, 0) is 4.79 Å². The summed E-state index contributed by atoms with van der Waals surface area (Å²) < 4.78 is 0. The van der Waals surface area contributed by atoms with Crippen molar-refractivity contribution in [3.63, 3.8) is 0 Å². The standard InChI is InChI=1S/C18H19N2OS.ClH/c1-20(2)18(21)15-9-11-22-16-8-4-3-7-14(16)17(15)13-6-5-10-19-12-13;/h3-8,10,12,22H,9,11H2,1-2H3;1H. The molecular weight excluding hydrogens is 328 g/mol. The Morgan fingerprint density at radius 2 is 1.96 bits per heavy atom. The molecule has 0 atom stereocenters. The van der Waals surface area contributed by atoms with Gasteiger partial charge in [-0.15, -0.1) is 12.4 Å². The number of hydrogen-bond acceptors (Lipinski definition) is 2. The Hall–Kier alpha value is -1.78. The molecule has 0 saturated carbocycles. The smallest absolute Gasteiger partial charge is 0.249 e. The van der Waals surface area contributed by atoms with Crippen LogP contribution in [0.15, 0.2) is 59.3 Å². The minimum atomic E-state index is 0.